The first-order chi connectivity index (χ1) is 14.1. The van der Waals surface area contributed by atoms with E-state index in [1.807, 2.05) is 18.2 Å². The summed E-state index contributed by atoms with van der Waals surface area (Å²) in [6.45, 7) is 4.24. The summed E-state index contributed by atoms with van der Waals surface area (Å²) in [5.74, 6) is 0.993. The Labute approximate surface area is 171 Å². The average molecular weight is 396 g/mol. The molecule has 1 saturated heterocycles. The van der Waals surface area contributed by atoms with Crippen LogP contribution in [0.1, 0.15) is 29.5 Å². The molecule has 0 aliphatic carbocycles. The molecule has 0 atom stereocenters. The lowest BCUT2D eigenvalue weighted by Crippen LogP contribution is -2.33. The Hall–Kier alpha value is -2.86. The Morgan fingerprint density at radius 1 is 0.966 bits per heavy atom. The van der Waals surface area contributed by atoms with E-state index in [0.29, 0.717) is 24.3 Å². The summed E-state index contributed by atoms with van der Waals surface area (Å²) in [6, 6.07) is 14.4. The molecule has 6 nitrogen and oxygen atoms in total. The standard InChI is InChI=1S/C23H28N2O4/c1-17-3-5-18(6-4-17)11-12-24-16-19-7-8-20(21(15-19)28-2)29-14-13-25-22(26)9-10-23(25)27/h3-8,15,24H,9-14,16H2,1-2H3. The molecule has 0 spiro atoms. The predicted octanol–water partition coefficient (Wildman–Crippen LogP) is 2.86. The van der Waals surface area contributed by atoms with Crippen LogP contribution in [0, 0.1) is 6.92 Å². The maximum atomic E-state index is 11.6. The highest BCUT2D eigenvalue weighted by atomic mass is 16.5. The average Bonchev–Trinajstić information content (AvgIpc) is 3.05. The van der Waals surface area contributed by atoms with Gasteiger partial charge in [-0.15, -0.1) is 0 Å². The number of ether oxygens (including phenoxy) is 2. The lowest BCUT2D eigenvalue weighted by molar-refractivity contribution is -0.138. The van der Waals surface area contributed by atoms with Crippen LogP contribution in [0.25, 0.3) is 0 Å². The van der Waals surface area contributed by atoms with Crippen LogP contribution in [0.2, 0.25) is 0 Å². The van der Waals surface area contributed by atoms with Gasteiger partial charge in [-0.25, -0.2) is 0 Å². The predicted molar refractivity (Wildman–Crippen MR) is 111 cm³/mol. The molecule has 0 saturated carbocycles. The van der Waals surface area contributed by atoms with E-state index in [0.717, 1.165) is 25.1 Å². The largest absolute Gasteiger partial charge is 0.493 e. The second-order valence-corrected chi connectivity index (χ2v) is 7.19. The van der Waals surface area contributed by atoms with Crippen molar-refractivity contribution in [2.75, 3.05) is 26.8 Å². The molecule has 3 rings (SSSR count). The van der Waals surface area contributed by atoms with Crippen LogP contribution in [0.4, 0.5) is 0 Å². The highest BCUT2D eigenvalue weighted by Gasteiger charge is 2.28. The van der Waals surface area contributed by atoms with Gasteiger partial charge in [-0.3, -0.25) is 14.5 Å². The number of nitrogens with one attached hydrogen (secondary N) is 1. The SMILES string of the molecule is COc1cc(CNCCc2ccc(C)cc2)ccc1OCCN1C(=O)CCC1=O. The van der Waals surface area contributed by atoms with Crippen molar-refractivity contribution in [1.29, 1.82) is 0 Å². The van der Waals surface area contributed by atoms with Crippen molar-refractivity contribution in [3.05, 3.63) is 59.2 Å². The van der Waals surface area contributed by atoms with Crippen molar-refractivity contribution in [2.24, 2.45) is 0 Å². The van der Waals surface area contributed by atoms with Crippen molar-refractivity contribution in [1.82, 2.24) is 10.2 Å². The van der Waals surface area contributed by atoms with Crippen LogP contribution in [0.3, 0.4) is 0 Å². The number of likely N-dealkylation sites (tertiary alicyclic amines) is 1. The van der Waals surface area contributed by atoms with E-state index in [2.05, 4.69) is 36.5 Å². The van der Waals surface area contributed by atoms with Crippen molar-refractivity contribution in [3.63, 3.8) is 0 Å². The van der Waals surface area contributed by atoms with Crippen molar-refractivity contribution >= 4 is 11.8 Å². The second kappa shape index (κ2) is 10.1. The van der Waals surface area contributed by atoms with Gasteiger partial charge < -0.3 is 14.8 Å². The number of aryl methyl sites for hydroxylation is 1. The summed E-state index contributed by atoms with van der Waals surface area (Å²) in [7, 11) is 1.60. The highest BCUT2D eigenvalue weighted by molar-refractivity contribution is 6.01. The molecule has 0 aromatic heterocycles. The topological polar surface area (TPSA) is 67.9 Å². The Morgan fingerprint density at radius 2 is 1.66 bits per heavy atom. The number of rotatable bonds is 10. The normalized spacial score (nSPS) is 13.8. The number of benzene rings is 2. The van der Waals surface area contributed by atoms with Gasteiger partial charge in [-0.1, -0.05) is 35.9 Å². The van der Waals surface area contributed by atoms with Crippen molar-refractivity contribution in [3.8, 4) is 11.5 Å². The molecule has 6 heteroatoms. The zero-order valence-electron chi connectivity index (χ0n) is 17.1. The third-order valence-electron chi connectivity index (χ3n) is 5.00. The van der Waals surface area contributed by atoms with Gasteiger partial charge in [0.1, 0.15) is 6.61 Å². The Kier molecular flexibility index (Phi) is 7.25. The number of nitrogens with zero attached hydrogens (tertiary/aromatic N) is 1. The molecule has 2 aromatic carbocycles. The first kappa shape index (κ1) is 20.9. The van der Waals surface area contributed by atoms with Gasteiger partial charge in [0.2, 0.25) is 11.8 Å². The number of amides is 2. The van der Waals surface area contributed by atoms with E-state index < -0.39 is 0 Å². The second-order valence-electron chi connectivity index (χ2n) is 7.19. The van der Waals surface area contributed by atoms with Gasteiger partial charge in [0, 0.05) is 19.4 Å². The molecule has 0 bridgehead atoms. The number of hydrogen-bond donors (Lipinski definition) is 1. The van der Waals surface area contributed by atoms with E-state index in [1.54, 1.807) is 7.11 Å². The Balaban J connectivity index is 1.45. The third kappa shape index (κ3) is 5.81. The van der Waals surface area contributed by atoms with Gasteiger partial charge in [-0.05, 0) is 43.1 Å². The van der Waals surface area contributed by atoms with Crippen molar-refractivity contribution < 1.29 is 19.1 Å². The molecule has 1 aliphatic rings. The summed E-state index contributed by atoms with van der Waals surface area (Å²) < 4.78 is 11.2. The minimum atomic E-state index is -0.127. The van der Waals surface area contributed by atoms with E-state index >= 15 is 0 Å². The fraction of sp³-hybridized carbons (Fsp3) is 0.391. The molecule has 0 radical (unpaired) electrons. The quantitative estimate of drug-likeness (QED) is 0.494. The highest BCUT2D eigenvalue weighted by Crippen LogP contribution is 2.28. The van der Waals surface area contributed by atoms with E-state index in [9.17, 15) is 9.59 Å². The molecule has 2 aromatic rings. The van der Waals surface area contributed by atoms with E-state index in [4.69, 9.17) is 9.47 Å². The minimum Gasteiger partial charge on any atom is -0.493 e. The van der Waals surface area contributed by atoms with Gasteiger partial charge in [-0.2, -0.15) is 0 Å². The van der Waals surface area contributed by atoms with Gasteiger partial charge in [0.25, 0.3) is 0 Å². The lowest BCUT2D eigenvalue weighted by Gasteiger charge is -2.16. The van der Waals surface area contributed by atoms with E-state index in [1.165, 1.54) is 16.0 Å². The molecule has 0 unspecified atom stereocenters. The smallest absolute Gasteiger partial charge is 0.229 e. The zero-order valence-corrected chi connectivity index (χ0v) is 17.1. The number of methoxy groups -OCH3 is 1. The maximum Gasteiger partial charge on any atom is 0.229 e. The van der Waals surface area contributed by atoms with Crippen LogP contribution in [-0.4, -0.2) is 43.5 Å². The summed E-state index contributed by atoms with van der Waals surface area (Å²) in [6.07, 6.45) is 1.58. The van der Waals surface area contributed by atoms with Gasteiger partial charge in [0.05, 0.1) is 13.7 Å². The molecule has 1 aliphatic heterocycles. The molecule has 1 heterocycles. The van der Waals surface area contributed by atoms with Crippen LogP contribution >= 0.6 is 0 Å². The first-order valence-corrected chi connectivity index (χ1v) is 9.96. The van der Waals surface area contributed by atoms with Crippen LogP contribution in [0.5, 0.6) is 11.5 Å². The molecule has 29 heavy (non-hydrogen) atoms. The van der Waals surface area contributed by atoms with Crippen LogP contribution in [0.15, 0.2) is 42.5 Å². The van der Waals surface area contributed by atoms with Crippen LogP contribution in [-0.2, 0) is 22.6 Å². The third-order valence-corrected chi connectivity index (χ3v) is 5.00. The van der Waals surface area contributed by atoms with Gasteiger partial charge in [0.15, 0.2) is 11.5 Å². The molecule has 1 fully saturated rings. The molecule has 1 N–H and O–H groups in total. The Bertz CT molecular complexity index is 832. The van der Waals surface area contributed by atoms with Crippen molar-refractivity contribution in [2.45, 2.75) is 32.7 Å². The molecule has 2 amide bonds. The fourth-order valence-corrected chi connectivity index (χ4v) is 3.28. The monoisotopic (exact) mass is 396 g/mol. The molecule has 154 valence electrons. The number of carbonyl (C=O) groups excluding carboxylic acids is 2. The Morgan fingerprint density at radius 3 is 2.34 bits per heavy atom. The fourth-order valence-electron chi connectivity index (χ4n) is 3.28. The van der Waals surface area contributed by atoms with E-state index in [-0.39, 0.29) is 25.0 Å². The summed E-state index contributed by atoms with van der Waals surface area (Å²) in [5.41, 5.74) is 3.69. The molecular weight excluding hydrogens is 368 g/mol. The van der Waals surface area contributed by atoms with Crippen LogP contribution < -0.4 is 14.8 Å². The van der Waals surface area contributed by atoms with Gasteiger partial charge >= 0.3 is 0 Å². The summed E-state index contributed by atoms with van der Waals surface area (Å²) >= 11 is 0. The summed E-state index contributed by atoms with van der Waals surface area (Å²) in [5, 5.41) is 3.45. The number of imide groups is 1. The molecular formula is C23H28N2O4. The first-order valence-electron chi connectivity index (χ1n) is 9.96. The lowest BCUT2D eigenvalue weighted by atomic mass is 10.1. The number of carbonyl (C=O) groups is 2. The summed E-state index contributed by atoms with van der Waals surface area (Å²) in [4.78, 5) is 24.5. The maximum absolute atomic E-state index is 11.6. The zero-order chi connectivity index (χ0) is 20.6. The number of hydrogen-bond acceptors (Lipinski definition) is 5. The minimum absolute atomic E-state index is 0.127.